The maximum Gasteiger partial charge on any atom is 0.307 e. The molecule has 0 atom stereocenters. The molecule has 0 bridgehead atoms. The predicted octanol–water partition coefficient (Wildman–Crippen LogP) is 6.31. The van der Waals surface area contributed by atoms with Crippen LogP contribution in [0.1, 0.15) is 11.1 Å². The molecular weight excluding hydrogens is 520 g/mol. The van der Waals surface area contributed by atoms with Gasteiger partial charge in [-0.25, -0.2) is 9.97 Å². The molecule has 6 rings (SSSR count). The number of hydrogen-bond acceptors (Lipinski definition) is 6. The Labute approximate surface area is 225 Å². The lowest BCUT2D eigenvalue weighted by molar-refractivity contribution is -0.136. The van der Waals surface area contributed by atoms with E-state index in [0.717, 1.165) is 48.4 Å². The smallest absolute Gasteiger partial charge is 0.307 e. The maximum atomic E-state index is 13.1. The summed E-state index contributed by atoms with van der Waals surface area (Å²) in [5.74, 6) is -0.422. The molecule has 0 saturated heterocycles. The number of benzene rings is 2. The van der Waals surface area contributed by atoms with Crippen LogP contribution in [0.4, 0.5) is 0 Å². The molecule has 0 fully saturated rings. The molecule has 0 radical (unpaired) electrons. The van der Waals surface area contributed by atoms with Crippen LogP contribution in [-0.4, -0.2) is 30.6 Å². The molecule has 0 unspecified atom stereocenters. The number of aryl methyl sites for hydroxylation is 1. The summed E-state index contributed by atoms with van der Waals surface area (Å²) in [4.78, 5) is 38.3. The van der Waals surface area contributed by atoms with Crippen LogP contribution < -0.4 is 5.56 Å². The second-order valence-corrected chi connectivity index (χ2v) is 10.3. The Morgan fingerprint density at radius 2 is 1.87 bits per heavy atom. The third-order valence-corrected chi connectivity index (χ3v) is 7.81. The number of rotatable bonds is 5. The van der Waals surface area contributed by atoms with Gasteiger partial charge in [-0.1, -0.05) is 23.7 Å². The van der Waals surface area contributed by atoms with Gasteiger partial charge >= 0.3 is 5.97 Å². The lowest BCUT2D eigenvalue weighted by atomic mass is 9.93. The third-order valence-electron chi connectivity index (χ3n) is 6.42. The van der Waals surface area contributed by atoms with Crippen LogP contribution in [0.5, 0.6) is 0 Å². The molecule has 4 heterocycles. The van der Waals surface area contributed by atoms with Crippen LogP contribution in [0.25, 0.3) is 48.5 Å². The van der Waals surface area contributed by atoms with Crippen LogP contribution >= 0.6 is 22.9 Å². The highest BCUT2D eigenvalue weighted by Gasteiger charge is 2.20. The first kappa shape index (κ1) is 24.0. The van der Waals surface area contributed by atoms with Crippen molar-refractivity contribution in [2.24, 2.45) is 0 Å². The topological polar surface area (TPSA) is 98.0 Å². The van der Waals surface area contributed by atoms with Crippen molar-refractivity contribution in [2.45, 2.75) is 13.3 Å². The summed E-state index contributed by atoms with van der Waals surface area (Å²) < 4.78 is 2.39. The average Bonchev–Trinajstić information content (AvgIpc) is 3.33. The lowest BCUT2D eigenvalue weighted by Gasteiger charge is -2.13. The molecule has 9 heteroatoms. The first-order valence-electron chi connectivity index (χ1n) is 11.7. The van der Waals surface area contributed by atoms with Gasteiger partial charge in [-0.15, -0.1) is 11.3 Å². The number of thiazole rings is 1. The second kappa shape index (κ2) is 9.48. The highest BCUT2D eigenvalue weighted by atomic mass is 35.5. The monoisotopic (exact) mass is 538 g/mol. The number of carboxylic acids is 1. The van der Waals surface area contributed by atoms with Crippen molar-refractivity contribution in [1.82, 2.24) is 19.5 Å². The van der Waals surface area contributed by atoms with Crippen molar-refractivity contribution >= 4 is 49.9 Å². The summed E-state index contributed by atoms with van der Waals surface area (Å²) in [7, 11) is 0. The van der Waals surface area contributed by atoms with Crippen molar-refractivity contribution in [3.05, 3.63) is 106 Å². The number of fused-ring (bicyclic) bond motifs is 2. The van der Waals surface area contributed by atoms with Crippen molar-refractivity contribution in [1.29, 1.82) is 0 Å². The van der Waals surface area contributed by atoms with Gasteiger partial charge in [-0.2, -0.15) is 0 Å². The van der Waals surface area contributed by atoms with Gasteiger partial charge in [0.15, 0.2) is 0 Å². The van der Waals surface area contributed by atoms with Crippen LogP contribution in [0, 0.1) is 6.92 Å². The van der Waals surface area contributed by atoms with Gasteiger partial charge in [0.2, 0.25) is 0 Å². The van der Waals surface area contributed by atoms with E-state index in [0.29, 0.717) is 16.2 Å². The molecule has 38 heavy (non-hydrogen) atoms. The largest absolute Gasteiger partial charge is 0.481 e. The number of aliphatic carboxylic acids is 1. The van der Waals surface area contributed by atoms with Crippen LogP contribution in [0.2, 0.25) is 5.02 Å². The first-order valence-corrected chi connectivity index (χ1v) is 12.9. The number of nitrogens with zero attached hydrogens (tertiary/aromatic N) is 4. The molecule has 7 nitrogen and oxygen atoms in total. The molecule has 0 aliphatic heterocycles. The Morgan fingerprint density at radius 1 is 1.05 bits per heavy atom. The summed E-state index contributed by atoms with van der Waals surface area (Å²) in [6.07, 6.45) is 6.49. The van der Waals surface area contributed by atoms with Crippen LogP contribution in [0.15, 0.2) is 84.2 Å². The molecular formula is C29H19ClN4O3S. The zero-order chi connectivity index (χ0) is 26.4. The zero-order valence-electron chi connectivity index (χ0n) is 20.1. The van der Waals surface area contributed by atoms with Crippen LogP contribution in [0.3, 0.4) is 0 Å². The number of carboxylic acid groups (broad SMARTS) is 1. The van der Waals surface area contributed by atoms with Crippen molar-refractivity contribution < 1.29 is 9.90 Å². The van der Waals surface area contributed by atoms with Gasteiger partial charge in [-0.05, 0) is 66.1 Å². The minimum Gasteiger partial charge on any atom is -0.481 e. The van der Waals surface area contributed by atoms with Crippen LogP contribution in [-0.2, 0) is 11.2 Å². The van der Waals surface area contributed by atoms with E-state index in [-0.39, 0.29) is 12.0 Å². The zero-order valence-corrected chi connectivity index (χ0v) is 21.6. The van der Waals surface area contributed by atoms with E-state index in [9.17, 15) is 14.7 Å². The predicted molar refractivity (Wildman–Crippen MR) is 150 cm³/mol. The van der Waals surface area contributed by atoms with Crippen molar-refractivity contribution in [2.75, 3.05) is 0 Å². The van der Waals surface area contributed by atoms with E-state index in [1.54, 1.807) is 43.0 Å². The molecule has 0 spiro atoms. The van der Waals surface area contributed by atoms with E-state index in [2.05, 4.69) is 9.97 Å². The molecule has 2 aromatic carbocycles. The van der Waals surface area contributed by atoms with E-state index in [4.69, 9.17) is 16.6 Å². The SMILES string of the molecule is Cc1cc2nc(-c3ccnc(-n4ccc5cnccc5c4=O)c3)sc2c(-c2ccc(Cl)cc2)c1CC(=O)O. The molecule has 0 saturated carbocycles. The molecule has 0 aliphatic rings. The molecule has 0 aliphatic carbocycles. The number of aromatic nitrogens is 4. The summed E-state index contributed by atoms with van der Waals surface area (Å²) >= 11 is 7.60. The summed E-state index contributed by atoms with van der Waals surface area (Å²) in [6.45, 7) is 1.91. The molecule has 4 aromatic heterocycles. The number of halogens is 1. The van der Waals surface area contributed by atoms with Gasteiger partial charge in [-0.3, -0.25) is 19.1 Å². The number of pyridine rings is 3. The lowest BCUT2D eigenvalue weighted by Crippen LogP contribution is -2.18. The highest BCUT2D eigenvalue weighted by molar-refractivity contribution is 7.22. The van der Waals surface area contributed by atoms with Crippen molar-refractivity contribution in [3.8, 4) is 27.5 Å². The Morgan fingerprint density at radius 3 is 2.66 bits per heavy atom. The van der Waals surface area contributed by atoms with Gasteiger partial charge in [0, 0.05) is 46.3 Å². The van der Waals surface area contributed by atoms with E-state index >= 15 is 0 Å². The minimum absolute atomic E-state index is 0.104. The fourth-order valence-corrected chi connectivity index (χ4v) is 5.87. The quantitative estimate of drug-likeness (QED) is 0.276. The maximum absolute atomic E-state index is 13.1. The summed E-state index contributed by atoms with van der Waals surface area (Å²) in [5.41, 5.74) is 4.72. The minimum atomic E-state index is -0.900. The standard InChI is InChI=1S/C29H19ClN4O3S/c1-16-12-23-27(26(22(16)14-25(35)36)17-2-4-20(30)5-3-17)38-28(33-23)18-6-10-32-24(13-18)34-11-8-19-15-31-9-7-21(19)29(34)37/h2-13,15H,14H2,1H3,(H,35,36). The third kappa shape index (κ3) is 4.23. The van der Waals surface area contributed by atoms with Gasteiger partial charge in [0.1, 0.15) is 10.8 Å². The summed E-state index contributed by atoms with van der Waals surface area (Å²) in [6, 6.07) is 16.5. The average molecular weight is 539 g/mol. The molecule has 186 valence electrons. The normalized spacial score (nSPS) is 11.3. The molecule has 1 N–H and O–H groups in total. The molecule has 6 aromatic rings. The number of carbonyl (C=O) groups is 1. The second-order valence-electron chi connectivity index (χ2n) is 8.85. The highest BCUT2D eigenvalue weighted by Crippen LogP contribution is 2.41. The fraction of sp³-hybridized carbons (Fsp3) is 0.0690. The van der Waals surface area contributed by atoms with Crippen molar-refractivity contribution in [3.63, 3.8) is 0 Å². The van der Waals surface area contributed by atoms with E-state index in [1.807, 2.05) is 43.3 Å². The Balaban J connectivity index is 1.52. The van der Waals surface area contributed by atoms with E-state index in [1.165, 1.54) is 15.9 Å². The first-order chi connectivity index (χ1) is 18.4. The fourth-order valence-electron chi connectivity index (χ4n) is 4.61. The van der Waals surface area contributed by atoms with E-state index < -0.39 is 5.97 Å². The van der Waals surface area contributed by atoms with Gasteiger partial charge in [0.05, 0.1) is 22.0 Å². The Kier molecular flexibility index (Phi) is 5.98. The Hall–Kier alpha value is -4.40. The Bertz CT molecular complexity index is 1930. The van der Waals surface area contributed by atoms with Gasteiger partial charge in [0.25, 0.3) is 5.56 Å². The summed E-state index contributed by atoms with van der Waals surface area (Å²) in [5, 5.41) is 12.3. The molecule has 0 amide bonds. The number of hydrogen-bond donors (Lipinski definition) is 1. The van der Waals surface area contributed by atoms with Gasteiger partial charge < -0.3 is 5.11 Å².